The van der Waals surface area contributed by atoms with Crippen LogP contribution in [0.2, 0.25) is 0 Å². The molecule has 1 unspecified atom stereocenters. The van der Waals surface area contributed by atoms with E-state index in [9.17, 15) is 18.3 Å². The molecule has 0 aliphatic carbocycles. The van der Waals surface area contributed by atoms with Crippen LogP contribution in [0.3, 0.4) is 0 Å². The highest BCUT2D eigenvalue weighted by Gasteiger charge is 2.34. The molecule has 0 saturated carbocycles. The minimum absolute atomic E-state index is 0.125. The topological polar surface area (TPSA) is 20.2 Å². The second-order valence-corrected chi connectivity index (χ2v) is 3.73. The minimum Gasteiger partial charge on any atom is -0.389 e. The quantitative estimate of drug-likeness (QED) is 0.827. The number of rotatable bonds is 1. The van der Waals surface area contributed by atoms with E-state index in [0.717, 1.165) is 6.07 Å². The van der Waals surface area contributed by atoms with Gasteiger partial charge in [0.15, 0.2) is 0 Å². The van der Waals surface area contributed by atoms with Gasteiger partial charge in [-0.1, -0.05) is 22.0 Å². The molecule has 5 heteroatoms. The normalized spacial score (nSPS) is 14.1. The van der Waals surface area contributed by atoms with E-state index < -0.39 is 17.8 Å². The van der Waals surface area contributed by atoms with E-state index >= 15 is 0 Å². The predicted octanol–water partition coefficient (Wildman–Crippen LogP) is 3.52. The lowest BCUT2D eigenvalue weighted by Crippen LogP contribution is -2.11. The number of benzene rings is 1. The van der Waals surface area contributed by atoms with Crippen LogP contribution in [0.1, 0.15) is 24.2 Å². The van der Waals surface area contributed by atoms with E-state index in [0.29, 0.717) is 0 Å². The maximum atomic E-state index is 12.5. The molecule has 0 radical (unpaired) electrons. The van der Waals surface area contributed by atoms with Crippen LogP contribution in [0, 0.1) is 0 Å². The molecular weight excluding hydrogens is 261 g/mol. The fourth-order valence-corrected chi connectivity index (χ4v) is 1.91. The summed E-state index contributed by atoms with van der Waals surface area (Å²) < 4.78 is 37.6. The molecule has 0 aliphatic rings. The number of alkyl halides is 3. The van der Waals surface area contributed by atoms with Crippen molar-refractivity contribution in [3.63, 3.8) is 0 Å². The molecule has 1 nitrogen and oxygen atoms in total. The van der Waals surface area contributed by atoms with Crippen molar-refractivity contribution >= 4 is 15.9 Å². The van der Waals surface area contributed by atoms with Gasteiger partial charge in [-0.05, 0) is 19.1 Å². The highest BCUT2D eigenvalue weighted by atomic mass is 79.9. The lowest BCUT2D eigenvalue weighted by Gasteiger charge is -2.16. The van der Waals surface area contributed by atoms with Crippen LogP contribution in [0.15, 0.2) is 22.7 Å². The summed E-state index contributed by atoms with van der Waals surface area (Å²) in [5.41, 5.74) is -0.929. The Morgan fingerprint density at radius 2 is 1.93 bits per heavy atom. The van der Waals surface area contributed by atoms with Crippen LogP contribution in [0.5, 0.6) is 0 Å². The fourth-order valence-electron chi connectivity index (χ4n) is 1.21. The number of aliphatic hydroxyl groups is 1. The van der Waals surface area contributed by atoms with Crippen LogP contribution in [-0.4, -0.2) is 5.11 Å². The van der Waals surface area contributed by atoms with Gasteiger partial charge in [-0.3, -0.25) is 0 Å². The Labute approximate surface area is 87.7 Å². The monoisotopic (exact) mass is 268 g/mol. The zero-order valence-electron chi connectivity index (χ0n) is 7.27. The van der Waals surface area contributed by atoms with Gasteiger partial charge in [0.25, 0.3) is 0 Å². The summed E-state index contributed by atoms with van der Waals surface area (Å²) in [6.07, 6.45) is -5.59. The third-order valence-corrected chi connectivity index (χ3v) is 2.47. The van der Waals surface area contributed by atoms with Gasteiger partial charge in [0, 0.05) is 10.0 Å². The van der Waals surface area contributed by atoms with Gasteiger partial charge in [-0.2, -0.15) is 13.2 Å². The number of hydrogen-bond donors (Lipinski definition) is 1. The van der Waals surface area contributed by atoms with E-state index in [1.807, 2.05) is 0 Å². The molecule has 0 saturated heterocycles. The molecule has 0 aliphatic heterocycles. The van der Waals surface area contributed by atoms with Gasteiger partial charge < -0.3 is 5.11 Å². The molecular formula is C9H8BrF3O. The summed E-state index contributed by atoms with van der Waals surface area (Å²) in [6.45, 7) is 1.30. The SMILES string of the molecule is CC(O)c1c(Br)cccc1C(F)(F)F. The van der Waals surface area contributed by atoms with Gasteiger partial charge in [0.05, 0.1) is 11.7 Å². The van der Waals surface area contributed by atoms with E-state index in [-0.39, 0.29) is 10.0 Å². The lowest BCUT2D eigenvalue weighted by atomic mass is 10.0. The molecule has 0 bridgehead atoms. The van der Waals surface area contributed by atoms with Crippen molar-refractivity contribution in [1.82, 2.24) is 0 Å². The molecule has 78 valence electrons. The largest absolute Gasteiger partial charge is 0.416 e. The first-order valence-electron chi connectivity index (χ1n) is 3.87. The highest BCUT2D eigenvalue weighted by molar-refractivity contribution is 9.10. The average Bonchev–Trinajstić information content (AvgIpc) is 2.01. The zero-order valence-corrected chi connectivity index (χ0v) is 8.85. The Kier molecular flexibility index (Phi) is 3.21. The molecule has 1 aromatic carbocycles. The summed E-state index contributed by atoms with van der Waals surface area (Å²) in [4.78, 5) is 0. The zero-order chi connectivity index (χ0) is 10.9. The number of halogens is 4. The van der Waals surface area contributed by atoms with Crippen LogP contribution in [-0.2, 0) is 6.18 Å². The Morgan fingerprint density at radius 1 is 1.36 bits per heavy atom. The maximum absolute atomic E-state index is 12.5. The molecule has 1 N–H and O–H groups in total. The van der Waals surface area contributed by atoms with E-state index in [1.54, 1.807) is 0 Å². The third kappa shape index (κ3) is 2.27. The van der Waals surface area contributed by atoms with Crippen molar-refractivity contribution in [1.29, 1.82) is 0 Å². The van der Waals surface area contributed by atoms with Crippen molar-refractivity contribution in [3.8, 4) is 0 Å². The van der Waals surface area contributed by atoms with Crippen molar-refractivity contribution in [2.24, 2.45) is 0 Å². The van der Waals surface area contributed by atoms with Crippen molar-refractivity contribution in [2.75, 3.05) is 0 Å². The molecule has 0 spiro atoms. The predicted molar refractivity (Wildman–Crippen MR) is 49.8 cm³/mol. The van der Waals surface area contributed by atoms with Gasteiger partial charge in [-0.25, -0.2) is 0 Å². The van der Waals surface area contributed by atoms with Crippen LogP contribution in [0.25, 0.3) is 0 Å². The molecule has 0 fully saturated rings. The first-order chi connectivity index (χ1) is 6.34. The summed E-state index contributed by atoms with van der Waals surface area (Å²) in [7, 11) is 0. The third-order valence-electron chi connectivity index (χ3n) is 1.78. The first kappa shape index (κ1) is 11.5. The number of hydrogen-bond acceptors (Lipinski definition) is 1. The summed E-state index contributed by atoms with van der Waals surface area (Å²) in [5.74, 6) is 0. The maximum Gasteiger partial charge on any atom is 0.416 e. The van der Waals surface area contributed by atoms with Crippen molar-refractivity contribution < 1.29 is 18.3 Å². The highest BCUT2D eigenvalue weighted by Crippen LogP contribution is 2.37. The second-order valence-electron chi connectivity index (χ2n) is 2.87. The van der Waals surface area contributed by atoms with Crippen molar-refractivity contribution in [3.05, 3.63) is 33.8 Å². The van der Waals surface area contributed by atoms with Crippen molar-refractivity contribution in [2.45, 2.75) is 19.2 Å². The Hall–Kier alpha value is -0.550. The van der Waals surface area contributed by atoms with Gasteiger partial charge in [0.1, 0.15) is 0 Å². The first-order valence-corrected chi connectivity index (χ1v) is 4.67. The van der Waals surface area contributed by atoms with E-state index in [1.165, 1.54) is 19.1 Å². The molecule has 14 heavy (non-hydrogen) atoms. The van der Waals surface area contributed by atoms with Gasteiger partial charge in [0.2, 0.25) is 0 Å². The van der Waals surface area contributed by atoms with Crippen LogP contribution >= 0.6 is 15.9 Å². The summed E-state index contributed by atoms with van der Waals surface area (Å²) >= 11 is 2.98. The lowest BCUT2D eigenvalue weighted by molar-refractivity contribution is -0.139. The molecule has 0 aromatic heterocycles. The Bertz CT molecular complexity index is 333. The summed E-state index contributed by atoms with van der Waals surface area (Å²) in [6, 6.07) is 3.71. The molecule has 1 aromatic rings. The number of aliphatic hydroxyl groups excluding tert-OH is 1. The smallest absolute Gasteiger partial charge is 0.389 e. The van der Waals surface area contributed by atoms with Crippen LogP contribution < -0.4 is 0 Å². The van der Waals surface area contributed by atoms with E-state index in [4.69, 9.17) is 0 Å². The molecule has 0 heterocycles. The Morgan fingerprint density at radius 3 is 2.29 bits per heavy atom. The second kappa shape index (κ2) is 3.90. The minimum atomic E-state index is -4.43. The molecule has 0 amide bonds. The van der Waals surface area contributed by atoms with Gasteiger partial charge in [-0.15, -0.1) is 0 Å². The van der Waals surface area contributed by atoms with Gasteiger partial charge >= 0.3 is 6.18 Å². The standard InChI is InChI=1S/C9H8BrF3O/c1-5(14)8-6(9(11,12)13)3-2-4-7(8)10/h2-5,14H,1H3. The summed E-state index contributed by atoms with van der Waals surface area (Å²) in [5, 5.41) is 9.22. The Balaban J connectivity index is 3.36. The van der Waals surface area contributed by atoms with Crippen LogP contribution in [0.4, 0.5) is 13.2 Å². The van der Waals surface area contributed by atoms with E-state index in [2.05, 4.69) is 15.9 Å². The average molecular weight is 269 g/mol. The molecule has 1 rings (SSSR count). The fraction of sp³-hybridized carbons (Fsp3) is 0.333. The molecule has 1 atom stereocenters.